The van der Waals surface area contributed by atoms with Crippen molar-refractivity contribution in [3.63, 3.8) is 0 Å². The number of aryl methyl sites for hydroxylation is 2. The molecule has 37 heavy (non-hydrogen) atoms. The van der Waals surface area contributed by atoms with Crippen molar-refractivity contribution in [2.24, 2.45) is 0 Å². The van der Waals surface area contributed by atoms with Crippen LogP contribution < -0.4 is 4.57 Å². The van der Waals surface area contributed by atoms with Crippen molar-refractivity contribution in [2.45, 2.75) is 200 Å². The highest BCUT2D eigenvalue weighted by molar-refractivity contribution is 5.07. The highest BCUT2D eigenvalue weighted by Crippen LogP contribution is 2.14. The predicted molar refractivity (Wildman–Crippen MR) is 166 cm³/mol. The zero-order valence-corrected chi connectivity index (χ0v) is 25.8. The quantitative estimate of drug-likeness (QED) is 0.0739. The Morgan fingerprint density at radius 1 is 0.378 bits per heavy atom. The second kappa shape index (κ2) is 28.2. The largest absolute Gasteiger partial charge is 0.205 e. The maximum atomic E-state index is 2.40. The Labute approximate surface area is 234 Å². The number of aromatic nitrogens is 1. The van der Waals surface area contributed by atoms with Crippen LogP contribution >= 0.6 is 0 Å². The number of hydrogen-bond acceptors (Lipinski definition) is 0. The van der Waals surface area contributed by atoms with Crippen molar-refractivity contribution in [1.29, 1.82) is 0 Å². The average Bonchev–Trinajstić information content (AvgIpc) is 2.92. The molecule has 0 spiro atoms. The fourth-order valence-corrected chi connectivity index (χ4v) is 5.64. The van der Waals surface area contributed by atoms with Gasteiger partial charge in [-0.05, 0) is 24.8 Å². The molecule has 0 aliphatic carbocycles. The third kappa shape index (κ3) is 24.0. The van der Waals surface area contributed by atoms with Gasteiger partial charge < -0.3 is 0 Å². The third-order valence-electron chi connectivity index (χ3n) is 8.30. The minimum absolute atomic E-state index is 1.19. The molecule has 0 unspecified atom stereocenters. The molecule has 0 saturated heterocycles. The fraction of sp³-hybridized carbons (Fsp3) is 0.861. The summed E-state index contributed by atoms with van der Waals surface area (Å²) in [4.78, 5) is 0. The van der Waals surface area contributed by atoms with Gasteiger partial charge in [0.15, 0.2) is 12.4 Å². The molecule has 216 valence electrons. The van der Waals surface area contributed by atoms with Crippen LogP contribution in [-0.4, -0.2) is 0 Å². The van der Waals surface area contributed by atoms with Gasteiger partial charge in [0.25, 0.3) is 0 Å². The molecule has 1 heteroatoms. The Bertz CT molecular complexity index is 548. The molecule has 0 amide bonds. The highest BCUT2D eigenvalue weighted by Gasteiger charge is 2.02. The summed E-state index contributed by atoms with van der Waals surface area (Å²) >= 11 is 0. The molecule has 0 bridgehead atoms. The standard InChI is InChI=1S/C36H68N/c1-3-5-7-9-11-13-15-17-18-20-22-24-26-28-30-36-31-34-37(35-32-36)33-29-27-25-23-21-19-16-14-12-10-8-6-4-2/h31-32,34-35H,3-30,33H2,1-2H3/q+1. The molecule has 0 saturated carbocycles. The van der Waals surface area contributed by atoms with Gasteiger partial charge in [-0.1, -0.05) is 168 Å². The van der Waals surface area contributed by atoms with E-state index in [2.05, 4.69) is 42.9 Å². The predicted octanol–water partition coefficient (Wildman–Crippen LogP) is 12.1. The summed E-state index contributed by atoms with van der Waals surface area (Å²) in [5, 5.41) is 0. The molecule has 1 aromatic rings. The topological polar surface area (TPSA) is 3.88 Å². The monoisotopic (exact) mass is 515 g/mol. The van der Waals surface area contributed by atoms with Crippen molar-refractivity contribution in [3.8, 4) is 0 Å². The fourth-order valence-electron chi connectivity index (χ4n) is 5.64. The number of unbranched alkanes of at least 4 members (excludes halogenated alkanes) is 25. The number of nitrogens with zero attached hydrogens (tertiary/aromatic N) is 1. The van der Waals surface area contributed by atoms with E-state index in [1.54, 1.807) is 0 Å². The SMILES string of the molecule is CCCCCCCCCCCCCCCCc1cc[n+](CCCCCCCCCCCCCCC)cc1. The van der Waals surface area contributed by atoms with Gasteiger partial charge in [-0.3, -0.25) is 0 Å². The Morgan fingerprint density at radius 3 is 1.03 bits per heavy atom. The van der Waals surface area contributed by atoms with E-state index >= 15 is 0 Å². The Morgan fingerprint density at radius 2 is 0.676 bits per heavy atom. The van der Waals surface area contributed by atoms with Crippen LogP contribution in [0.15, 0.2) is 24.5 Å². The first-order chi connectivity index (χ1) is 18.4. The number of pyridine rings is 1. The first-order valence-electron chi connectivity index (χ1n) is 17.3. The summed E-state index contributed by atoms with van der Waals surface area (Å²) < 4.78 is 2.40. The number of hydrogen-bond donors (Lipinski definition) is 0. The van der Waals surface area contributed by atoms with Gasteiger partial charge in [-0.2, -0.15) is 0 Å². The van der Waals surface area contributed by atoms with Crippen LogP contribution in [0.2, 0.25) is 0 Å². The number of rotatable bonds is 29. The van der Waals surface area contributed by atoms with E-state index in [1.807, 2.05) is 0 Å². The average molecular weight is 515 g/mol. The summed E-state index contributed by atoms with van der Waals surface area (Å²) in [5.74, 6) is 0. The van der Waals surface area contributed by atoms with Crippen LogP contribution in [-0.2, 0) is 13.0 Å². The molecule has 0 aliphatic rings. The Kier molecular flexibility index (Phi) is 26.0. The Balaban J connectivity index is 1.84. The summed E-state index contributed by atoms with van der Waals surface area (Å²) in [6.07, 6.45) is 44.7. The van der Waals surface area contributed by atoms with E-state index in [-0.39, 0.29) is 0 Å². The van der Waals surface area contributed by atoms with Gasteiger partial charge in [0.05, 0.1) is 0 Å². The van der Waals surface area contributed by atoms with E-state index in [4.69, 9.17) is 0 Å². The molecule has 1 nitrogen and oxygen atoms in total. The minimum atomic E-state index is 1.19. The van der Waals surface area contributed by atoms with Crippen LogP contribution in [0.1, 0.15) is 193 Å². The van der Waals surface area contributed by atoms with Crippen molar-refractivity contribution in [2.75, 3.05) is 0 Å². The lowest BCUT2D eigenvalue weighted by atomic mass is 10.0. The maximum absolute atomic E-state index is 2.40. The molecular formula is C36H68N+. The van der Waals surface area contributed by atoms with Gasteiger partial charge in [0, 0.05) is 18.6 Å². The second-order valence-corrected chi connectivity index (χ2v) is 12.0. The molecule has 0 fully saturated rings. The molecule has 0 aliphatic heterocycles. The van der Waals surface area contributed by atoms with Crippen LogP contribution in [0.4, 0.5) is 0 Å². The van der Waals surface area contributed by atoms with Crippen LogP contribution in [0.3, 0.4) is 0 Å². The lowest BCUT2D eigenvalue weighted by molar-refractivity contribution is -0.697. The molecular weight excluding hydrogens is 446 g/mol. The van der Waals surface area contributed by atoms with Crippen LogP contribution in [0.25, 0.3) is 0 Å². The lowest BCUT2D eigenvalue weighted by Crippen LogP contribution is -2.32. The van der Waals surface area contributed by atoms with Crippen LogP contribution in [0.5, 0.6) is 0 Å². The summed E-state index contributed by atoms with van der Waals surface area (Å²) in [6, 6.07) is 4.73. The smallest absolute Gasteiger partial charge is 0.169 e. The molecule has 0 N–H and O–H groups in total. The summed E-state index contributed by atoms with van der Waals surface area (Å²) in [6.45, 7) is 5.80. The first kappa shape index (κ1) is 34.2. The molecule has 0 radical (unpaired) electrons. The molecule has 1 aromatic heterocycles. The van der Waals surface area contributed by atoms with E-state index < -0.39 is 0 Å². The van der Waals surface area contributed by atoms with Crippen molar-refractivity contribution < 1.29 is 4.57 Å². The van der Waals surface area contributed by atoms with E-state index in [1.165, 1.54) is 192 Å². The van der Waals surface area contributed by atoms with Gasteiger partial charge in [0.2, 0.25) is 0 Å². The Hall–Kier alpha value is -0.850. The van der Waals surface area contributed by atoms with Crippen molar-refractivity contribution >= 4 is 0 Å². The van der Waals surface area contributed by atoms with E-state index in [0.29, 0.717) is 0 Å². The lowest BCUT2D eigenvalue weighted by Gasteiger charge is -2.04. The first-order valence-corrected chi connectivity index (χ1v) is 17.3. The zero-order chi connectivity index (χ0) is 26.5. The second-order valence-electron chi connectivity index (χ2n) is 12.0. The van der Waals surface area contributed by atoms with Gasteiger partial charge in [-0.25, -0.2) is 4.57 Å². The van der Waals surface area contributed by atoms with E-state index in [0.717, 1.165) is 0 Å². The third-order valence-corrected chi connectivity index (χ3v) is 8.30. The molecule has 0 aromatic carbocycles. The molecule has 1 rings (SSSR count). The summed E-state index contributed by atoms with van der Waals surface area (Å²) in [5.41, 5.74) is 1.53. The van der Waals surface area contributed by atoms with Crippen LogP contribution in [0, 0.1) is 0 Å². The van der Waals surface area contributed by atoms with Crippen molar-refractivity contribution in [1.82, 2.24) is 0 Å². The van der Waals surface area contributed by atoms with Gasteiger partial charge >= 0.3 is 0 Å². The highest BCUT2D eigenvalue weighted by atomic mass is 14.9. The normalized spacial score (nSPS) is 11.4. The minimum Gasteiger partial charge on any atom is -0.205 e. The van der Waals surface area contributed by atoms with Gasteiger partial charge in [0.1, 0.15) is 6.54 Å². The molecule has 0 atom stereocenters. The summed E-state index contributed by atoms with van der Waals surface area (Å²) in [7, 11) is 0. The maximum Gasteiger partial charge on any atom is 0.169 e. The van der Waals surface area contributed by atoms with Crippen molar-refractivity contribution in [3.05, 3.63) is 30.1 Å². The molecule has 1 heterocycles. The van der Waals surface area contributed by atoms with E-state index in [9.17, 15) is 0 Å². The van der Waals surface area contributed by atoms with Gasteiger partial charge in [-0.15, -0.1) is 0 Å². The zero-order valence-electron chi connectivity index (χ0n) is 25.8.